The standard InChI is InChI=1S/C16H21ClN2O3/c1-5-14(21)18-12-7-6-10(8-11(12)17)15(22)19-13(9-20)16(2,3)4/h6-9,13H,5H2,1-4H3,(H,18,21)(H,19,22). The molecular formula is C16H21ClN2O3. The Bertz CT molecular complexity index is 579. The number of benzene rings is 1. The number of halogens is 1. The third kappa shape index (κ3) is 4.84. The molecular weight excluding hydrogens is 304 g/mol. The fourth-order valence-corrected chi connectivity index (χ4v) is 1.90. The van der Waals surface area contributed by atoms with Gasteiger partial charge in [0.15, 0.2) is 0 Å². The van der Waals surface area contributed by atoms with Crippen molar-refractivity contribution in [3.63, 3.8) is 0 Å². The normalized spacial score (nSPS) is 12.4. The Morgan fingerprint density at radius 3 is 2.41 bits per heavy atom. The number of carbonyl (C=O) groups excluding carboxylic acids is 3. The van der Waals surface area contributed by atoms with Crippen molar-refractivity contribution in [3.8, 4) is 0 Å². The van der Waals surface area contributed by atoms with Crippen LogP contribution < -0.4 is 10.6 Å². The monoisotopic (exact) mass is 324 g/mol. The lowest BCUT2D eigenvalue weighted by Gasteiger charge is -2.26. The molecule has 0 aliphatic carbocycles. The van der Waals surface area contributed by atoms with Gasteiger partial charge in [0.2, 0.25) is 5.91 Å². The summed E-state index contributed by atoms with van der Waals surface area (Å²) in [6.07, 6.45) is 1.06. The molecule has 0 aliphatic heterocycles. The zero-order valence-electron chi connectivity index (χ0n) is 13.2. The van der Waals surface area contributed by atoms with Crippen molar-refractivity contribution in [1.82, 2.24) is 5.32 Å². The molecule has 1 aromatic carbocycles. The molecule has 0 aromatic heterocycles. The van der Waals surface area contributed by atoms with Gasteiger partial charge in [0, 0.05) is 12.0 Å². The van der Waals surface area contributed by atoms with Crippen LogP contribution in [0.25, 0.3) is 0 Å². The van der Waals surface area contributed by atoms with Gasteiger partial charge in [-0.05, 0) is 23.6 Å². The SMILES string of the molecule is CCC(=O)Nc1ccc(C(=O)NC(C=O)C(C)(C)C)cc1Cl. The van der Waals surface area contributed by atoms with Crippen LogP contribution in [0.3, 0.4) is 0 Å². The number of rotatable bonds is 5. The van der Waals surface area contributed by atoms with Crippen LogP contribution in [0, 0.1) is 5.41 Å². The Labute approximate surface area is 135 Å². The number of anilines is 1. The average Bonchev–Trinajstić information content (AvgIpc) is 2.44. The summed E-state index contributed by atoms with van der Waals surface area (Å²) in [5.74, 6) is -0.546. The first kappa shape index (κ1) is 18.2. The second-order valence-electron chi connectivity index (χ2n) is 6.05. The van der Waals surface area contributed by atoms with Gasteiger partial charge >= 0.3 is 0 Å². The predicted molar refractivity (Wildman–Crippen MR) is 87.1 cm³/mol. The fourth-order valence-electron chi connectivity index (χ4n) is 1.68. The molecule has 6 heteroatoms. The van der Waals surface area contributed by atoms with Crippen molar-refractivity contribution < 1.29 is 14.4 Å². The van der Waals surface area contributed by atoms with E-state index in [9.17, 15) is 14.4 Å². The number of aldehydes is 1. The Kier molecular flexibility index (Phi) is 6.11. The maximum Gasteiger partial charge on any atom is 0.251 e. The van der Waals surface area contributed by atoms with Crippen molar-refractivity contribution in [1.29, 1.82) is 0 Å². The van der Waals surface area contributed by atoms with Crippen LogP contribution in [0.4, 0.5) is 5.69 Å². The highest BCUT2D eigenvalue weighted by Gasteiger charge is 2.26. The van der Waals surface area contributed by atoms with Crippen LogP contribution in [0.15, 0.2) is 18.2 Å². The number of hydrogen-bond donors (Lipinski definition) is 2. The third-order valence-electron chi connectivity index (χ3n) is 3.18. The Morgan fingerprint density at radius 2 is 1.95 bits per heavy atom. The van der Waals surface area contributed by atoms with Gasteiger partial charge in [-0.3, -0.25) is 9.59 Å². The van der Waals surface area contributed by atoms with Crippen LogP contribution in [0.2, 0.25) is 5.02 Å². The van der Waals surface area contributed by atoms with Gasteiger partial charge in [-0.1, -0.05) is 39.3 Å². The van der Waals surface area contributed by atoms with E-state index in [-0.39, 0.29) is 22.3 Å². The number of carbonyl (C=O) groups is 3. The minimum atomic E-state index is -0.599. The Balaban J connectivity index is 2.89. The molecule has 1 rings (SSSR count). The summed E-state index contributed by atoms with van der Waals surface area (Å²) >= 11 is 6.07. The van der Waals surface area contributed by atoms with E-state index in [1.165, 1.54) is 6.07 Å². The van der Waals surface area contributed by atoms with E-state index in [2.05, 4.69) is 10.6 Å². The van der Waals surface area contributed by atoms with Gasteiger partial charge in [-0.25, -0.2) is 0 Å². The van der Waals surface area contributed by atoms with Crippen LogP contribution in [-0.2, 0) is 9.59 Å². The Morgan fingerprint density at radius 1 is 1.32 bits per heavy atom. The second-order valence-corrected chi connectivity index (χ2v) is 6.46. The molecule has 0 saturated carbocycles. The average molecular weight is 325 g/mol. The zero-order chi connectivity index (χ0) is 16.9. The fraction of sp³-hybridized carbons (Fsp3) is 0.438. The molecule has 0 heterocycles. The molecule has 2 N–H and O–H groups in total. The molecule has 0 aliphatic rings. The molecule has 0 spiro atoms. The first-order chi connectivity index (χ1) is 10.2. The van der Waals surface area contributed by atoms with Gasteiger partial charge in [0.25, 0.3) is 5.91 Å². The minimum absolute atomic E-state index is 0.159. The summed E-state index contributed by atoms with van der Waals surface area (Å²) in [7, 11) is 0. The topological polar surface area (TPSA) is 75.3 Å². The van der Waals surface area contributed by atoms with E-state index in [1.54, 1.807) is 19.1 Å². The van der Waals surface area contributed by atoms with Crippen molar-refractivity contribution in [2.45, 2.75) is 40.2 Å². The summed E-state index contributed by atoms with van der Waals surface area (Å²) in [5.41, 5.74) is 0.402. The lowest BCUT2D eigenvalue weighted by molar-refractivity contribution is -0.116. The predicted octanol–water partition coefficient (Wildman–Crippen LogP) is 3.03. The summed E-state index contributed by atoms with van der Waals surface area (Å²) in [6, 6.07) is 3.99. The van der Waals surface area contributed by atoms with Gasteiger partial charge in [-0.15, -0.1) is 0 Å². The van der Waals surface area contributed by atoms with Crippen molar-refractivity contribution >= 4 is 35.4 Å². The van der Waals surface area contributed by atoms with Gasteiger partial charge in [0.05, 0.1) is 16.8 Å². The number of hydrogen-bond acceptors (Lipinski definition) is 3. The van der Waals surface area contributed by atoms with Crippen LogP contribution in [0.1, 0.15) is 44.5 Å². The van der Waals surface area contributed by atoms with Gasteiger partial charge in [0.1, 0.15) is 6.29 Å². The summed E-state index contributed by atoms with van der Waals surface area (Å²) < 4.78 is 0. The molecule has 2 amide bonds. The van der Waals surface area contributed by atoms with Crippen molar-refractivity contribution in [2.75, 3.05) is 5.32 Å². The number of amides is 2. The van der Waals surface area contributed by atoms with Crippen LogP contribution >= 0.6 is 11.6 Å². The lowest BCUT2D eigenvalue weighted by atomic mass is 9.87. The van der Waals surface area contributed by atoms with Crippen molar-refractivity contribution in [2.24, 2.45) is 5.41 Å². The molecule has 1 unspecified atom stereocenters. The highest BCUT2D eigenvalue weighted by molar-refractivity contribution is 6.34. The largest absolute Gasteiger partial charge is 0.342 e. The molecule has 5 nitrogen and oxygen atoms in total. The Hall–Kier alpha value is -1.88. The molecule has 1 atom stereocenters. The second kappa shape index (κ2) is 7.40. The van der Waals surface area contributed by atoms with E-state index in [4.69, 9.17) is 11.6 Å². The van der Waals surface area contributed by atoms with E-state index < -0.39 is 6.04 Å². The smallest absolute Gasteiger partial charge is 0.251 e. The molecule has 0 fully saturated rings. The minimum Gasteiger partial charge on any atom is -0.342 e. The maximum absolute atomic E-state index is 12.2. The van der Waals surface area contributed by atoms with Crippen LogP contribution in [0.5, 0.6) is 0 Å². The first-order valence-corrected chi connectivity index (χ1v) is 7.42. The quantitative estimate of drug-likeness (QED) is 0.817. The summed E-state index contributed by atoms with van der Waals surface area (Å²) in [6.45, 7) is 7.32. The molecule has 0 bridgehead atoms. The van der Waals surface area contributed by atoms with Gasteiger partial charge < -0.3 is 15.4 Å². The maximum atomic E-state index is 12.2. The van der Waals surface area contributed by atoms with Crippen LogP contribution in [-0.4, -0.2) is 24.1 Å². The zero-order valence-corrected chi connectivity index (χ0v) is 14.0. The van der Waals surface area contributed by atoms with E-state index in [0.717, 1.165) is 6.29 Å². The van der Waals surface area contributed by atoms with Crippen molar-refractivity contribution in [3.05, 3.63) is 28.8 Å². The molecule has 1 aromatic rings. The molecule has 0 saturated heterocycles. The molecule has 22 heavy (non-hydrogen) atoms. The number of nitrogens with one attached hydrogen (secondary N) is 2. The van der Waals surface area contributed by atoms with E-state index in [1.807, 2.05) is 20.8 Å². The van der Waals surface area contributed by atoms with Gasteiger partial charge in [-0.2, -0.15) is 0 Å². The molecule has 0 radical (unpaired) electrons. The van der Waals surface area contributed by atoms with E-state index >= 15 is 0 Å². The molecule has 120 valence electrons. The third-order valence-corrected chi connectivity index (χ3v) is 3.49. The summed E-state index contributed by atoms with van der Waals surface area (Å²) in [5, 5.41) is 5.58. The van der Waals surface area contributed by atoms with E-state index in [0.29, 0.717) is 17.7 Å². The highest BCUT2D eigenvalue weighted by Crippen LogP contribution is 2.24. The lowest BCUT2D eigenvalue weighted by Crippen LogP contribution is -2.44. The highest BCUT2D eigenvalue weighted by atomic mass is 35.5. The first-order valence-electron chi connectivity index (χ1n) is 7.04. The summed E-state index contributed by atoms with van der Waals surface area (Å²) in [4.78, 5) is 34.7.